The van der Waals surface area contributed by atoms with E-state index >= 15 is 0 Å². The Hall–Kier alpha value is -4.59. The molecule has 1 aromatic carbocycles. The van der Waals surface area contributed by atoms with Gasteiger partial charge in [0.05, 0.1) is 17.6 Å². The van der Waals surface area contributed by atoms with Crippen molar-refractivity contribution in [3.05, 3.63) is 42.0 Å². The number of esters is 1. The highest BCUT2D eigenvalue weighted by molar-refractivity contribution is 6.14. The van der Waals surface area contributed by atoms with Crippen molar-refractivity contribution < 1.29 is 43.0 Å². The van der Waals surface area contributed by atoms with Crippen molar-refractivity contribution in [2.24, 2.45) is 11.3 Å². The van der Waals surface area contributed by atoms with Gasteiger partial charge in [0, 0.05) is 43.0 Å². The predicted octanol–water partition coefficient (Wildman–Crippen LogP) is 3.10. The first-order valence-electron chi connectivity index (χ1n) is 17.1. The number of carbonyl (C=O) groups is 7. The van der Waals surface area contributed by atoms with E-state index < -0.39 is 64.6 Å². The van der Waals surface area contributed by atoms with Crippen molar-refractivity contribution in [2.45, 2.75) is 106 Å². The molecule has 51 heavy (non-hydrogen) atoms. The third-order valence-corrected chi connectivity index (χ3v) is 7.95. The van der Waals surface area contributed by atoms with Crippen LogP contribution in [0.4, 0.5) is 5.69 Å². The third kappa shape index (κ3) is 14.3. The lowest BCUT2D eigenvalue weighted by Gasteiger charge is -2.40. The Balaban J connectivity index is 1.98. The molecule has 1 heterocycles. The van der Waals surface area contributed by atoms with Crippen LogP contribution in [0.1, 0.15) is 87.6 Å². The summed E-state index contributed by atoms with van der Waals surface area (Å²) in [6.07, 6.45) is 2.44. The molecule has 1 atom stereocenters. The molecule has 1 aromatic rings. The summed E-state index contributed by atoms with van der Waals surface area (Å²) in [5.41, 5.74) is -0.614. The van der Waals surface area contributed by atoms with Crippen molar-refractivity contribution >= 4 is 47.1 Å². The molecule has 282 valence electrons. The first kappa shape index (κ1) is 42.6. The molecule has 0 saturated carbocycles. The summed E-state index contributed by atoms with van der Waals surface area (Å²) in [7, 11) is 0. The number of amides is 6. The van der Waals surface area contributed by atoms with Crippen LogP contribution in [0, 0.1) is 11.3 Å². The molecule has 0 radical (unpaired) electrons. The van der Waals surface area contributed by atoms with Crippen LogP contribution in [0.5, 0.6) is 0 Å². The molecule has 2 rings (SSSR count). The monoisotopic (exact) mass is 713 g/mol. The van der Waals surface area contributed by atoms with Gasteiger partial charge in [-0.3, -0.25) is 38.5 Å². The van der Waals surface area contributed by atoms with Crippen LogP contribution < -0.4 is 16.0 Å². The first-order valence-corrected chi connectivity index (χ1v) is 17.1. The van der Waals surface area contributed by atoms with Crippen LogP contribution >= 0.6 is 0 Å². The van der Waals surface area contributed by atoms with Gasteiger partial charge in [0.25, 0.3) is 11.8 Å². The zero-order chi connectivity index (χ0) is 38.7. The van der Waals surface area contributed by atoms with Crippen LogP contribution in [-0.2, 0) is 49.6 Å². The van der Waals surface area contributed by atoms with Gasteiger partial charge in [0.1, 0.15) is 19.2 Å². The normalized spacial score (nSPS) is 14.0. The van der Waals surface area contributed by atoms with Gasteiger partial charge in [-0.25, -0.2) is 0 Å². The van der Waals surface area contributed by atoms with Crippen molar-refractivity contribution in [3.63, 3.8) is 0 Å². The van der Waals surface area contributed by atoms with Crippen LogP contribution in [0.25, 0.3) is 0 Å². The summed E-state index contributed by atoms with van der Waals surface area (Å²) in [6, 6.07) is 5.77. The highest BCUT2D eigenvalue weighted by Gasteiger charge is 2.35. The SMILES string of the molecule is CC(C)C(NC(=O)CCN(C(=O)CN1C(=O)C=CC1=O)C(C)(C)CCOC(C)(C)C)C(=O)NCC(=O)Nc1ccc(COC(=O)C(C)(C)C)cc1. The first-order chi connectivity index (χ1) is 23.5. The smallest absolute Gasteiger partial charge is 0.311 e. The molecule has 1 unspecified atom stereocenters. The zero-order valence-corrected chi connectivity index (χ0v) is 31.6. The Morgan fingerprint density at radius 1 is 0.863 bits per heavy atom. The van der Waals surface area contributed by atoms with Gasteiger partial charge >= 0.3 is 5.97 Å². The van der Waals surface area contributed by atoms with E-state index in [9.17, 15) is 33.6 Å². The fourth-order valence-electron chi connectivity index (χ4n) is 4.84. The van der Waals surface area contributed by atoms with E-state index in [1.165, 1.54) is 4.90 Å². The van der Waals surface area contributed by atoms with E-state index in [1.807, 2.05) is 34.6 Å². The lowest BCUT2D eigenvalue weighted by Crippen LogP contribution is -2.54. The van der Waals surface area contributed by atoms with Crippen LogP contribution in [-0.4, -0.2) is 94.6 Å². The van der Waals surface area contributed by atoms with E-state index in [0.717, 1.165) is 22.6 Å². The predicted molar refractivity (Wildman–Crippen MR) is 191 cm³/mol. The molecule has 6 amide bonds. The van der Waals surface area contributed by atoms with Gasteiger partial charge in [0.15, 0.2) is 0 Å². The highest BCUT2D eigenvalue weighted by atomic mass is 16.5. The fraction of sp³-hybridized carbons (Fsp3) is 0.595. The lowest BCUT2D eigenvalue weighted by molar-refractivity contribution is -0.154. The summed E-state index contributed by atoms with van der Waals surface area (Å²) in [5.74, 6) is -3.90. The standard InChI is InChI=1S/C37H55N5O9/c1-24(2)32(33(48)38-21-28(44)39-26-13-11-25(12-14-26)23-50-34(49)35(3,4)5)40-27(43)17-19-42(37(9,10)18-20-51-36(6,7)8)31(47)22-41-29(45)15-16-30(41)46/h11-16,24,32H,17-23H2,1-10H3,(H,38,48)(H,39,44)(H,40,43). The fourth-order valence-corrected chi connectivity index (χ4v) is 4.84. The number of hydrogen-bond donors (Lipinski definition) is 3. The minimum absolute atomic E-state index is 0.0521. The number of rotatable bonds is 17. The number of carbonyl (C=O) groups excluding carboxylic acids is 7. The summed E-state index contributed by atoms with van der Waals surface area (Å²) in [5, 5.41) is 7.96. The van der Waals surface area contributed by atoms with Gasteiger partial charge in [-0.05, 0) is 85.4 Å². The Morgan fingerprint density at radius 2 is 1.45 bits per heavy atom. The summed E-state index contributed by atoms with van der Waals surface area (Å²) >= 11 is 0. The number of ether oxygens (including phenoxy) is 2. The molecule has 14 heteroatoms. The van der Waals surface area contributed by atoms with E-state index in [-0.39, 0.29) is 38.0 Å². The Labute approximate surface area is 301 Å². The number of nitrogens with one attached hydrogen (secondary N) is 3. The van der Waals surface area contributed by atoms with Crippen molar-refractivity contribution in [1.29, 1.82) is 0 Å². The average molecular weight is 714 g/mol. The van der Waals surface area contributed by atoms with E-state index in [0.29, 0.717) is 18.7 Å². The quantitative estimate of drug-likeness (QED) is 0.162. The minimum atomic E-state index is -0.969. The summed E-state index contributed by atoms with van der Waals surface area (Å²) in [4.78, 5) is 90.9. The molecule has 0 aliphatic carbocycles. The number of imide groups is 1. The topological polar surface area (TPSA) is 181 Å². The molecule has 3 N–H and O–H groups in total. The molecule has 0 spiro atoms. The van der Waals surface area contributed by atoms with Gasteiger partial charge < -0.3 is 30.3 Å². The second kappa shape index (κ2) is 18.1. The number of benzene rings is 1. The maximum absolute atomic E-state index is 13.5. The average Bonchev–Trinajstić information content (AvgIpc) is 3.32. The molecule has 1 aliphatic rings. The Morgan fingerprint density at radius 3 is 1.98 bits per heavy atom. The largest absolute Gasteiger partial charge is 0.460 e. The maximum atomic E-state index is 13.5. The van der Waals surface area contributed by atoms with Gasteiger partial charge in [-0.15, -0.1) is 0 Å². The van der Waals surface area contributed by atoms with E-state index in [2.05, 4.69) is 16.0 Å². The van der Waals surface area contributed by atoms with Crippen LogP contribution in [0.15, 0.2) is 36.4 Å². The highest BCUT2D eigenvalue weighted by Crippen LogP contribution is 2.23. The molecule has 0 aromatic heterocycles. The zero-order valence-electron chi connectivity index (χ0n) is 31.6. The van der Waals surface area contributed by atoms with E-state index in [4.69, 9.17) is 9.47 Å². The lowest BCUT2D eigenvalue weighted by atomic mass is 9.97. The Bertz CT molecular complexity index is 1450. The molecular formula is C37H55N5O9. The second-order valence-corrected chi connectivity index (χ2v) is 15.5. The number of nitrogens with zero attached hydrogens (tertiary/aromatic N) is 2. The molecule has 0 saturated heterocycles. The molecule has 0 bridgehead atoms. The van der Waals surface area contributed by atoms with Gasteiger partial charge in [-0.1, -0.05) is 26.0 Å². The summed E-state index contributed by atoms with van der Waals surface area (Å²) in [6.45, 7) is 17.7. The van der Waals surface area contributed by atoms with Crippen LogP contribution in [0.3, 0.4) is 0 Å². The number of hydrogen-bond acceptors (Lipinski definition) is 9. The van der Waals surface area contributed by atoms with Crippen molar-refractivity contribution in [3.8, 4) is 0 Å². The minimum Gasteiger partial charge on any atom is -0.460 e. The van der Waals surface area contributed by atoms with Gasteiger partial charge in [-0.2, -0.15) is 0 Å². The maximum Gasteiger partial charge on any atom is 0.311 e. The Kier molecular flexibility index (Phi) is 15.1. The van der Waals surface area contributed by atoms with E-state index in [1.54, 1.807) is 58.9 Å². The van der Waals surface area contributed by atoms with Crippen molar-refractivity contribution in [2.75, 3.05) is 31.6 Å². The third-order valence-electron chi connectivity index (χ3n) is 7.95. The number of anilines is 1. The van der Waals surface area contributed by atoms with Crippen molar-refractivity contribution in [1.82, 2.24) is 20.4 Å². The summed E-state index contributed by atoms with van der Waals surface area (Å²) < 4.78 is 11.2. The molecule has 14 nitrogen and oxygen atoms in total. The molecule has 1 aliphatic heterocycles. The molecule has 0 fully saturated rings. The second-order valence-electron chi connectivity index (χ2n) is 15.5. The van der Waals surface area contributed by atoms with Gasteiger partial charge in [0.2, 0.25) is 23.6 Å². The molecular weight excluding hydrogens is 658 g/mol. The van der Waals surface area contributed by atoms with Crippen LogP contribution in [0.2, 0.25) is 0 Å².